The molecule has 8 heteroatoms. The molecule has 1 amide bonds. The Morgan fingerprint density at radius 3 is 2.00 bits per heavy atom. The first-order valence-corrected chi connectivity index (χ1v) is 8.53. The number of amides is 1. The number of aromatic nitrogens is 1. The highest BCUT2D eigenvalue weighted by Crippen LogP contribution is 2.33. The molecule has 0 bridgehead atoms. The first-order valence-electron chi connectivity index (χ1n) is 8.53. The Balaban J connectivity index is 0.000000278. The zero-order chi connectivity index (χ0) is 21.4. The summed E-state index contributed by atoms with van der Waals surface area (Å²) in [6.45, 7) is 0. The molecule has 0 fully saturated rings. The average Bonchev–Trinajstić information content (AvgIpc) is 2.68. The number of benzene rings is 2. The van der Waals surface area contributed by atoms with Crippen LogP contribution in [0.15, 0.2) is 60.9 Å². The molecule has 1 aromatic heterocycles. The van der Waals surface area contributed by atoms with Crippen molar-refractivity contribution in [2.75, 3.05) is 0 Å². The summed E-state index contributed by atoms with van der Waals surface area (Å²) in [5, 5.41) is 37.5. The summed E-state index contributed by atoms with van der Waals surface area (Å²) in [4.78, 5) is 26.1. The van der Waals surface area contributed by atoms with E-state index in [0.717, 1.165) is 17.7 Å². The van der Waals surface area contributed by atoms with E-state index in [2.05, 4.69) is 4.98 Å². The van der Waals surface area contributed by atoms with Crippen LogP contribution in [0.2, 0.25) is 0 Å². The maximum Gasteiger partial charge on any atom is 0.250 e. The predicted molar refractivity (Wildman–Crippen MR) is 105 cm³/mol. The lowest BCUT2D eigenvalue weighted by Gasteiger charge is -2.07. The number of hydrogen-bond donors (Lipinski definition) is 5. The molecule has 0 unspecified atom stereocenters. The Labute approximate surface area is 166 Å². The third-order valence-corrected chi connectivity index (χ3v) is 3.88. The Morgan fingerprint density at radius 2 is 1.52 bits per heavy atom. The van der Waals surface area contributed by atoms with Crippen LogP contribution in [0.4, 0.5) is 0 Å². The lowest BCUT2D eigenvalue weighted by molar-refractivity contribution is 0.0974. The van der Waals surface area contributed by atoms with Gasteiger partial charge in [0.05, 0.1) is 5.56 Å². The quantitative estimate of drug-likeness (QED) is 0.415. The summed E-state index contributed by atoms with van der Waals surface area (Å²) in [5.41, 5.74) is 6.04. The van der Waals surface area contributed by atoms with E-state index in [0.29, 0.717) is 12.0 Å². The molecule has 150 valence electrons. The van der Waals surface area contributed by atoms with Crippen molar-refractivity contribution in [3.05, 3.63) is 77.6 Å². The second-order valence-corrected chi connectivity index (χ2v) is 6.05. The van der Waals surface area contributed by atoms with Crippen LogP contribution in [0.3, 0.4) is 0 Å². The zero-order valence-corrected chi connectivity index (χ0v) is 15.3. The molecule has 8 nitrogen and oxygen atoms in total. The predicted octanol–water partition coefficient (Wildman–Crippen LogP) is 2.51. The summed E-state index contributed by atoms with van der Waals surface area (Å²) >= 11 is 0. The highest BCUT2D eigenvalue weighted by molar-refractivity contribution is 6.01. The minimum atomic E-state index is -0.446. The number of ketones is 1. The number of aromatic hydroxyl groups is 4. The van der Waals surface area contributed by atoms with Crippen LogP contribution in [0.5, 0.6) is 23.0 Å². The number of carbonyl (C=O) groups is 2. The van der Waals surface area contributed by atoms with Gasteiger partial charge in [0.15, 0.2) is 5.78 Å². The van der Waals surface area contributed by atoms with Crippen molar-refractivity contribution in [1.29, 1.82) is 0 Å². The number of Topliss-reactive ketones (excluding diaryl/α,β-unsaturated/α-hetero) is 1. The number of phenols is 4. The fraction of sp³-hybridized carbons (Fsp3) is 0.0952. The summed E-state index contributed by atoms with van der Waals surface area (Å²) in [7, 11) is 0. The minimum absolute atomic E-state index is 0.0939. The molecule has 0 aliphatic carbocycles. The van der Waals surface area contributed by atoms with Gasteiger partial charge in [-0.25, -0.2) is 0 Å². The largest absolute Gasteiger partial charge is 0.508 e. The summed E-state index contributed by atoms with van der Waals surface area (Å²) in [6.07, 6.45) is 3.53. The highest BCUT2D eigenvalue weighted by Gasteiger charge is 2.17. The number of aryl methyl sites for hydroxylation is 1. The van der Waals surface area contributed by atoms with Crippen LogP contribution in [0.25, 0.3) is 0 Å². The number of pyridine rings is 1. The van der Waals surface area contributed by atoms with Crippen molar-refractivity contribution >= 4 is 11.7 Å². The van der Waals surface area contributed by atoms with Crippen molar-refractivity contribution in [2.45, 2.75) is 12.8 Å². The number of nitrogens with zero attached hydrogens (tertiary/aromatic N) is 1. The normalized spacial score (nSPS) is 9.93. The topological polar surface area (TPSA) is 154 Å². The molecule has 0 radical (unpaired) electrons. The SMILES string of the molecule is NC(=O)c1cccnc1.O=C(CCc1ccc(O)cc1)c1c(O)cc(O)cc1O. The second-order valence-electron chi connectivity index (χ2n) is 6.05. The van der Waals surface area contributed by atoms with Crippen molar-refractivity contribution in [2.24, 2.45) is 5.73 Å². The molecule has 0 aliphatic heterocycles. The molecule has 2 aromatic carbocycles. The molecule has 6 N–H and O–H groups in total. The van der Waals surface area contributed by atoms with Gasteiger partial charge in [0.1, 0.15) is 28.6 Å². The van der Waals surface area contributed by atoms with Crippen LogP contribution in [-0.2, 0) is 6.42 Å². The number of phenolic OH excluding ortho intramolecular Hbond substituents is 4. The van der Waals surface area contributed by atoms with Gasteiger partial charge in [0.25, 0.3) is 0 Å². The van der Waals surface area contributed by atoms with Crippen molar-refractivity contribution in [3.8, 4) is 23.0 Å². The standard InChI is InChI=1S/C15H14O5.C6H6N2O/c16-10-4-1-9(2-5-10)3-6-12(18)15-13(19)7-11(17)8-14(15)20;7-6(9)5-2-1-3-8-4-5/h1-2,4-5,7-8,16-17,19-20H,3,6H2;1-4H,(H2,7,9). The van der Waals surface area contributed by atoms with Gasteiger partial charge in [-0.2, -0.15) is 0 Å². The highest BCUT2D eigenvalue weighted by atomic mass is 16.3. The molecule has 0 atom stereocenters. The van der Waals surface area contributed by atoms with E-state index in [1.165, 1.54) is 18.3 Å². The van der Waals surface area contributed by atoms with E-state index in [9.17, 15) is 24.9 Å². The van der Waals surface area contributed by atoms with E-state index < -0.39 is 23.2 Å². The van der Waals surface area contributed by atoms with Crippen LogP contribution in [-0.4, -0.2) is 37.1 Å². The van der Waals surface area contributed by atoms with Crippen molar-refractivity contribution < 1.29 is 30.0 Å². The number of carbonyl (C=O) groups excluding carboxylic acids is 2. The molecule has 1 heterocycles. The third kappa shape index (κ3) is 6.24. The van der Waals surface area contributed by atoms with Crippen molar-refractivity contribution in [3.63, 3.8) is 0 Å². The summed E-state index contributed by atoms with van der Waals surface area (Å²) in [5.74, 6) is -1.92. The van der Waals surface area contributed by atoms with Gasteiger partial charge in [0, 0.05) is 30.9 Å². The third-order valence-electron chi connectivity index (χ3n) is 3.88. The molecular formula is C21H20N2O6. The Hall–Kier alpha value is -4.07. The molecular weight excluding hydrogens is 376 g/mol. The van der Waals surface area contributed by atoms with E-state index in [4.69, 9.17) is 10.8 Å². The Kier molecular flexibility index (Phi) is 7.14. The van der Waals surface area contributed by atoms with Crippen LogP contribution in [0, 0.1) is 0 Å². The van der Waals surface area contributed by atoms with Crippen LogP contribution >= 0.6 is 0 Å². The van der Waals surface area contributed by atoms with Gasteiger partial charge in [-0.3, -0.25) is 14.6 Å². The molecule has 3 aromatic rings. The van der Waals surface area contributed by atoms with Crippen LogP contribution in [0.1, 0.15) is 32.7 Å². The first kappa shape index (κ1) is 21.2. The number of nitrogens with two attached hydrogens (primary N) is 1. The summed E-state index contributed by atoms with van der Waals surface area (Å²) in [6, 6.07) is 11.7. The molecule has 0 aliphatic rings. The second kappa shape index (κ2) is 9.75. The van der Waals surface area contributed by atoms with Gasteiger partial charge in [-0.05, 0) is 36.2 Å². The molecule has 0 spiro atoms. The van der Waals surface area contributed by atoms with Gasteiger partial charge >= 0.3 is 0 Å². The van der Waals surface area contributed by atoms with Gasteiger partial charge in [-0.1, -0.05) is 12.1 Å². The zero-order valence-electron chi connectivity index (χ0n) is 15.3. The lowest BCUT2D eigenvalue weighted by Crippen LogP contribution is -2.10. The maximum absolute atomic E-state index is 12.0. The average molecular weight is 396 g/mol. The van der Waals surface area contributed by atoms with Gasteiger partial charge in [-0.15, -0.1) is 0 Å². The van der Waals surface area contributed by atoms with E-state index >= 15 is 0 Å². The van der Waals surface area contributed by atoms with Gasteiger partial charge < -0.3 is 26.2 Å². The maximum atomic E-state index is 12.0. The van der Waals surface area contributed by atoms with Crippen molar-refractivity contribution in [1.82, 2.24) is 4.98 Å². The van der Waals surface area contributed by atoms with E-state index in [1.54, 1.807) is 30.5 Å². The van der Waals surface area contributed by atoms with Crippen LogP contribution < -0.4 is 5.73 Å². The Bertz CT molecular complexity index is 965. The Morgan fingerprint density at radius 1 is 0.897 bits per heavy atom. The van der Waals surface area contributed by atoms with E-state index in [1.807, 2.05) is 0 Å². The first-order chi connectivity index (χ1) is 13.8. The number of hydrogen-bond acceptors (Lipinski definition) is 7. The number of rotatable bonds is 5. The smallest absolute Gasteiger partial charge is 0.250 e. The number of primary amides is 1. The molecule has 0 saturated heterocycles. The lowest BCUT2D eigenvalue weighted by atomic mass is 10.0. The monoisotopic (exact) mass is 396 g/mol. The molecule has 3 rings (SSSR count). The fourth-order valence-electron chi connectivity index (χ4n) is 2.44. The molecule has 29 heavy (non-hydrogen) atoms. The van der Waals surface area contributed by atoms with Gasteiger partial charge in [0.2, 0.25) is 5.91 Å². The fourth-order valence-corrected chi connectivity index (χ4v) is 2.44. The van der Waals surface area contributed by atoms with E-state index in [-0.39, 0.29) is 23.5 Å². The molecule has 0 saturated carbocycles. The minimum Gasteiger partial charge on any atom is -0.508 e. The summed E-state index contributed by atoms with van der Waals surface area (Å²) < 4.78 is 0.